The van der Waals surface area contributed by atoms with Gasteiger partial charge in [0.1, 0.15) is 0 Å². The van der Waals surface area contributed by atoms with Crippen molar-refractivity contribution < 1.29 is 8.42 Å². The molecule has 68 valence electrons. The maximum absolute atomic E-state index is 8.81. The van der Waals surface area contributed by atoms with Crippen LogP contribution < -0.4 is 10.9 Å². The monoisotopic (exact) mass is 188 g/mol. The number of nitrogen functional groups attached to an aromatic ring is 1. The Morgan fingerprint density at radius 3 is 1.75 bits per heavy atom. The van der Waals surface area contributed by atoms with Gasteiger partial charge in [-0.25, -0.2) is 13.6 Å². The highest BCUT2D eigenvalue weighted by molar-refractivity contribution is 7.69. The van der Waals surface area contributed by atoms with Gasteiger partial charge < -0.3 is 5.73 Å². The average molecular weight is 188 g/mol. The molecule has 0 amide bonds. The summed E-state index contributed by atoms with van der Waals surface area (Å²) < 4.78 is 17.6. The molecule has 4 nitrogen and oxygen atoms in total. The molecular weight excluding hydrogens is 176 g/mol. The van der Waals surface area contributed by atoms with E-state index in [9.17, 15) is 0 Å². The summed E-state index contributed by atoms with van der Waals surface area (Å²) in [5, 5.41) is 4.06. The fourth-order valence-electron chi connectivity index (χ4n) is 0.566. The van der Waals surface area contributed by atoms with Crippen LogP contribution in [-0.4, -0.2) is 8.42 Å². The lowest BCUT2D eigenvalue weighted by Crippen LogP contribution is -1.85. The minimum absolute atomic E-state index is 0.829. The normalized spacial score (nSPS) is 8.92. The molecule has 0 unspecified atom stereocenters. The molecule has 0 bridgehead atoms. The van der Waals surface area contributed by atoms with Crippen LogP contribution in [0.3, 0.4) is 0 Å². The molecule has 0 saturated heterocycles. The lowest BCUT2D eigenvalue weighted by Gasteiger charge is -1.90. The van der Waals surface area contributed by atoms with Gasteiger partial charge in [0, 0.05) is 5.69 Å². The van der Waals surface area contributed by atoms with E-state index in [1.54, 1.807) is 0 Å². The second kappa shape index (κ2) is 5.56. The van der Waals surface area contributed by atoms with Crippen molar-refractivity contribution in [1.82, 2.24) is 0 Å². The fourth-order valence-corrected chi connectivity index (χ4v) is 0.566. The number of hydrogen-bond acceptors (Lipinski definition) is 3. The zero-order valence-electron chi connectivity index (χ0n) is 6.73. The molecule has 0 aliphatic heterocycles. The highest BCUT2D eigenvalue weighted by Crippen LogP contribution is 2.02. The molecule has 0 fully saturated rings. The molecule has 1 rings (SSSR count). The van der Waals surface area contributed by atoms with E-state index in [0.717, 1.165) is 5.69 Å². The van der Waals surface area contributed by atoms with E-state index < -0.39 is 10.9 Å². The topological polar surface area (TPSA) is 86.2 Å². The molecular formula is C7H12N2O2S. The highest BCUT2D eigenvalue weighted by Gasteiger charge is 1.80. The summed E-state index contributed by atoms with van der Waals surface area (Å²) >= 11 is 0. The van der Waals surface area contributed by atoms with Gasteiger partial charge in [-0.3, -0.25) is 0 Å². The van der Waals surface area contributed by atoms with E-state index in [0.29, 0.717) is 0 Å². The van der Waals surface area contributed by atoms with E-state index in [-0.39, 0.29) is 0 Å². The van der Waals surface area contributed by atoms with Crippen molar-refractivity contribution in [1.29, 1.82) is 0 Å². The van der Waals surface area contributed by atoms with Crippen molar-refractivity contribution in [3.8, 4) is 0 Å². The first-order valence-electron chi connectivity index (χ1n) is 3.23. The minimum Gasteiger partial charge on any atom is -0.399 e. The summed E-state index contributed by atoms with van der Waals surface area (Å²) in [6, 6.07) is 7.79. The molecule has 0 atom stereocenters. The summed E-state index contributed by atoms with van der Waals surface area (Å²) in [5.41, 5.74) is 7.51. The van der Waals surface area contributed by atoms with Gasteiger partial charge in [-0.1, -0.05) is 17.7 Å². The van der Waals surface area contributed by atoms with Crippen molar-refractivity contribution in [2.24, 2.45) is 5.14 Å². The zero-order valence-corrected chi connectivity index (χ0v) is 7.62. The summed E-state index contributed by atoms with van der Waals surface area (Å²) in [7, 11) is -2.62. The third kappa shape index (κ3) is 7.04. The molecule has 0 heterocycles. The Bertz CT molecular complexity index is 264. The van der Waals surface area contributed by atoms with Crippen molar-refractivity contribution in [3.05, 3.63) is 29.8 Å². The number of hydrogen-bond donors (Lipinski definition) is 3. The first-order valence-corrected chi connectivity index (χ1v) is 4.48. The largest absolute Gasteiger partial charge is 0.399 e. The van der Waals surface area contributed by atoms with Crippen molar-refractivity contribution >= 4 is 16.6 Å². The maximum Gasteiger partial charge on any atom is 0.198 e. The van der Waals surface area contributed by atoms with E-state index >= 15 is 0 Å². The predicted octanol–water partition coefficient (Wildman–Crippen LogP) is 0.0487. The van der Waals surface area contributed by atoms with Crippen LogP contribution in [-0.2, 0) is 10.9 Å². The second-order valence-electron chi connectivity index (χ2n) is 2.20. The highest BCUT2D eigenvalue weighted by atomic mass is 32.2. The number of thiol groups is 1. The van der Waals surface area contributed by atoms with Gasteiger partial charge in [0.2, 0.25) is 0 Å². The van der Waals surface area contributed by atoms with Gasteiger partial charge in [0.25, 0.3) is 0 Å². The second-order valence-corrected chi connectivity index (χ2v) is 2.77. The molecule has 0 radical (unpaired) electrons. The zero-order chi connectivity index (χ0) is 9.56. The van der Waals surface area contributed by atoms with Gasteiger partial charge in [0.05, 0.1) is 0 Å². The van der Waals surface area contributed by atoms with Crippen LogP contribution in [0.5, 0.6) is 0 Å². The quantitative estimate of drug-likeness (QED) is 0.397. The van der Waals surface area contributed by atoms with E-state index in [4.69, 9.17) is 14.2 Å². The summed E-state index contributed by atoms with van der Waals surface area (Å²) in [4.78, 5) is 0. The molecule has 0 saturated carbocycles. The third-order valence-corrected chi connectivity index (χ3v) is 1.08. The van der Waals surface area contributed by atoms with Gasteiger partial charge in [-0.15, -0.1) is 0 Å². The van der Waals surface area contributed by atoms with Gasteiger partial charge in [-0.2, -0.15) is 0 Å². The fraction of sp³-hybridized carbons (Fsp3) is 0.143. The predicted molar refractivity (Wildman–Crippen MR) is 50.1 cm³/mol. The molecule has 1 aromatic carbocycles. The molecule has 12 heavy (non-hydrogen) atoms. The number of aryl methyl sites for hydroxylation is 1. The standard InChI is InChI=1S/C7H9N.H3NO2S/c1-6-2-4-7(8)5-3-6;1-4(2)3/h2-5H,8H2,1H3;4H,(H2,1,2,3). The average Bonchev–Trinajstić information content (AvgIpc) is 1.94. The van der Waals surface area contributed by atoms with Crippen LogP contribution in [0.15, 0.2) is 24.3 Å². The first kappa shape index (κ1) is 10.9. The number of nitrogens with two attached hydrogens (primary N) is 2. The maximum atomic E-state index is 8.81. The van der Waals surface area contributed by atoms with E-state index in [1.807, 2.05) is 31.2 Å². The number of benzene rings is 1. The Hall–Kier alpha value is -1.07. The Morgan fingerprint density at radius 1 is 1.17 bits per heavy atom. The van der Waals surface area contributed by atoms with Crippen LogP contribution in [0.2, 0.25) is 0 Å². The van der Waals surface area contributed by atoms with E-state index in [1.165, 1.54) is 5.56 Å². The molecule has 1 aromatic rings. The summed E-state index contributed by atoms with van der Waals surface area (Å²) in [6.45, 7) is 2.04. The molecule has 4 N–H and O–H groups in total. The molecule has 0 aromatic heterocycles. The van der Waals surface area contributed by atoms with Crippen LogP contribution in [0.4, 0.5) is 5.69 Å². The lowest BCUT2D eigenvalue weighted by atomic mass is 10.2. The smallest absolute Gasteiger partial charge is 0.198 e. The molecule has 0 spiro atoms. The molecule has 5 heteroatoms. The Kier molecular flexibility index (Phi) is 5.07. The van der Waals surface area contributed by atoms with Crippen molar-refractivity contribution in [2.75, 3.05) is 5.73 Å². The lowest BCUT2D eigenvalue weighted by molar-refractivity contribution is 0.616. The molecule has 0 aliphatic carbocycles. The van der Waals surface area contributed by atoms with Crippen LogP contribution >= 0.6 is 0 Å². The van der Waals surface area contributed by atoms with Crippen LogP contribution in [0.25, 0.3) is 0 Å². The third-order valence-electron chi connectivity index (χ3n) is 1.08. The summed E-state index contributed by atoms with van der Waals surface area (Å²) in [6.07, 6.45) is 0. The molecule has 0 aliphatic rings. The van der Waals surface area contributed by atoms with Gasteiger partial charge in [-0.05, 0) is 19.1 Å². The van der Waals surface area contributed by atoms with Crippen LogP contribution in [0.1, 0.15) is 5.56 Å². The first-order chi connectivity index (χ1) is 5.52. The SMILES string of the molecule is Cc1ccc(N)cc1.N[SH](=O)=O. The van der Waals surface area contributed by atoms with Crippen LogP contribution in [0, 0.1) is 6.92 Å². The van der Waals surface area contributed by atoms with Crippen molar-refractivity contribution in [2.45, 2.75) is 6.92 Å². The Morgan fingerprint density at radius 2 is 1.50 bits per heavy atom. The number of rotatable bonds is 0. The Balaban J connectivity index is 0.000000261. The van der Waals surface area contributed by atoms with E-state index in [2.05, 4.69) is 5.14 Å². The van der Waals surface area contributed by atoms with Gasteiger partial charge in [0.15, 0.2) is 10.9 Å². The van der Waals surface area contributed by atoms with Crippen molar-refractivity contribution in [3.63, 3.8) is 0 Å². The Labute approximate surface area is 73.3 Å². The minimum atomic E-state index is -2.62. The summed E-state index contributed by atoms with van der Waals surface area (Å²) in [5.74, 6) is 0. The number of anilines is 1. The van der Waals surface area contributed by atoms with Gasteiger partial charge >= 0.3 is 0 Å².